The first-order chi connectivity index (χ1) is 14.4. The minimum absolute atomic E-state index is 0.0451. The van der Waals surface area contributed by atoms with E-state index in [1.165, 1.54) is 30.5 Å². The summed E-state index contributed by atoms with van der Waals surface area (Å²) in [6, 6.07) is 8.20. The van der Waals surface area contributed by atoms with Gasteiger partial charge >= 0.3 is 0 Å². The van der Waals surface area contributed by atoms with Crippen molar-refractivity contribution >= 4 is 22.8 Å². The number of ether oxygens (including phenoxy) is 1. The second-order valence-corrected chi connectivity index (χ2v) is 7.20. The van der Waals surface area contributed by atoms with Gasteiger partial charge in [0.05, 0.1) is 31.0 Å². The molecule has 4 rings (SSSR count). The van der Waals surface area contributed by atoms with E-state index in [2.05, 4.69) is 15.3 Å². The van der Waals surface area contributed by atoms with Gasteiger partial charge in [-0.1, -0.05) is 0 Å². The fourth-order valence-corrected chi connectivity index (χ4v) is 3.63. The highest BCUT2D eigenvalue weighted by molar-refractivity contribution is 5.98. The number of likely N-dealkylation sites (tertiary alicyclic amines) is 1. The molecular weight excluding hydrogens is 394 g/mol. The molecule has 2 amide bonds. The Morgan fingerprint density at radius 3 is 2.80 bits per heavy atom. The molecule has 2 atom stereocenters. The van der Waals surface area contributed by atoms with Crippen LogP contribution in [-0.4, -0.2) is 59.1 Å². The van der Waals surface area contributed by atoms with Crippen LogP contribution in [0, 0.1) is 5.82 Å². The van der Waals surface area contributed by atoms with Crippen LogP contribution in [0.25, 0.3) is 11.0 Å². The van der Waals surface area contributed by atoms with E-state index in [0.717, 1.165) is 11.6 Å². The second kappa shape index (κ2) is 8.10. The lowest BCUT2D eigenvalue weighted by molar-refractivity contribution is 0.0562. The average Bonchev–Trinajstić information content (AvgIpc) is 3.21. The zero-order valence-electron chi connectivity index (χ0n) is 16.2. The molecular formula is C21H20F2N4O3. The zero-order chi connectivity index (χ0) is 21.3. The topological polar surface area (TPSA) is 87.3 Å². The summed E-state index contributed by atoms with van der Waals surface area (Å²) in [7, 11) is 1.30. The molecule has 2 aromatic carbocycles. The predicted octanol–water partition coefficient (Wildman–Crippen LogP) is 2.69. The molecule has 0 spiro atoms. The van der Waals surface area contributed by atoms with E-state index in [4.69, 9.17) is 4.74 Å². The van der Waals surface area contributed by atoms with E-state index in [-0.39, 0.29) is 36.7 Å². The maximum Gasteiger partial charge on any atom is 0.254 e. The first kappa shape index (κ1) is 19.8. The Morgan fingerprint density at radius 1 is 1.20 bits per heavy atom. The van der Waals surface area contributed by atoms with E-state index < -0.39 is 23.9 Å². The molecule has 156 valence electrons. The standard InChI is InChI=1S/C21H20F2N4O3/c1-30-19-7-12(2-4-16(19)23)20(28)26-15-8-14(22)9-27(10-15)21(29)13-3-5-17-18(6-13)25-11-24-17/h2-7,11,14-15H,8-10H2,1H3,(H,24,25)(H,26,28)/t14-,15+/m1/s1. The number of nitrogens with one attached hydrogen (secondary N) is 2. The summed E-state index contributed by atoms with van der Waals surface area (Å²) in [5.74, 6) is -1.45. The van der Waals surface area contributed by atoms with Crippen molar-refractivity contribution in [1.82, 2.24) is 20.2 Å². The van der Waals surface area contributed by atoms with Crippen LogP contribution in [0.1, 0.15) is 27.1 Å². The molecule has 0 saturated carbocycles. The van der Waals surface area contributed by atoms with Gasteiger partial charge in [-0.25, -0.2) is 13.8 Å². The van der Waals surface area contributed by atoms with Crippen molar-refractivity contribution in [3.63, 3.8) is 0 Å². The van der Waals surface area contributed by atoms with Gasteiger partial charge in [0.25, 0.3) is 11.8 Å². The highest BCUT2D eigenvalue weighted by Gasteiger charge is 2.31. The molecule has 0 bridgehead atoms. The molecule has 1 aromatic heterocycles. The van der Waals surface area contributed by atoms with Crippen LogP contribution in [0.4, 0.5) is 8.78 Å². The number of fused-ring (bicyclic) bond motifs is 1. The van der Waals surface area contributed by atoms with Crippen LogP contribution in [0.15, 0.2) is 42.7 Å². The molecule has 1 saturated heterocycles. The average molecular weight is 414 g/mol. The lowest BCUT2D eigenvalue weighted by atomic mass is 10.0. The number of rotatable bonds is 4. The third-order valence-corrected chi connectivity index (χ3v) is 5.10. The number of nitrogens with zero attached hydrogens (tertiary/aromatic N) is 2. The summed E-state index contributed by atoms with van der Waals surface area (Å²) in [5.41, 5.74) is 2.05. The van der Waals surface area contributed by atoms with Gasteiger partial charge in [-0.05, 0) is 36.4 Å². The van der Waals surface area contributed by atoms with E-state index in [1.807, 2.05) is 0 Å². The Morgan fingerprint density at radius 2 is 2.00 bits per heavy atom. The summed E-state index contributed by atoms with van der Waals surface area (Å²) in [6.45, 7) is 0.126. The van der Waals surface area contributed by atoms with Crippen molar-refractivity contribution in [2.45, 2.75) is 18.6 Å². The number of hydrogen-bond donors (Lipinski definition) is 2. The lowest BCUT2D eigenvalue weighted by Crippen LogP contribution is -2.53. The molecule has 1 fully saturated rings. The Kier molecular flexibility index (Phi) is 5.35. The number of carbonyl (C=O) groups is 2. The molecule has 30 heavy (non-hydrogen) atoms. The van der Waals surface area contributed by atoms with Crippen LogP contribution >= 0.6 is 0 Å². The van der Waals surface area contributed by atoms with E-state index >= 15 is 0 Å². The second-order valence-electron chi connectivity index (χ2n) is 7.20. The normalized spacial score (nSPS) is 19.0. The van der Waals surface area contributed by atoms with Crippen LogP contribution < -0.4 is 10.1 Å². The van der Waals surface area contributed by atoms with Gasteiger partial charge in [-0.2, -0.15) is 0 Å². The fourth-order valence-electron chi connectivity index (χ4n) is 3.63. The number of aromatic amines is 1. The van der Waals surface area contributed by atoms with E-state index in [1.54, 1.807) is 18.2 Å². The van der Waals surface area contributed by atoms with Gasteiger partial charge in [0, 0.05) is 30.1 Å². The van der Waals surface area contributed by atoms with Crippen LogP contribution in [0.2, 0.25) is 0 Å². The van der Waals surface area contributed by atoms with Crippen LogP contribution in [-0.2, 0) is 0 Å². The molecule has 0 aliphatic carbocycles. The van der Waals surface area contributed by atoms with Gasteiger partial charge in [0.2, 0.25) is 0 Å². The van der Waals surface area contributed by atoms with Crippen LogP contribution in [0.5, 0.6) is 5.75 Å². The SMILES string of the molecule is COc1cc(C(=O)N[C@H]2C[C@@H](F)CN(C(=O)c3ccc4nc[nH]c4c3)C2)ccc1F. The van der Waals surface area contributed by atoms with Crippen molar-refractivity contribution in [2.24, 2.45) is 0 Å². The van der Waals surface area contributed by atoms with Crippen molar-refractivity contribution in [1.29, 1.82) is 0 Å². The van der Waals surface area contributed by atoms with Crippen molar-refractivity contribution in [3.05, 3.63) is 59.7 Å². The zero-order valence-corrected chi connectivity index (χ0v) is 16.2. The Balaban J connectivity index is 1.47. The summed E-state index contributed by atoms with van der Waals surface area (Å²) in [5, 5.41) is 2.73. The monoisotopic (exact) mass is 414 g/mol. The third kappa shape index (κ3) is 3.96. The number of benzene rings is 2. The minimum atomic E-state index is -1.27. The van der Waals surface area contributed by atoms with Gasteiger partial charge in [-0.3, -0.25) is 9.59 Å². The quantitative estimate of drug-likeness (QED) is 0.687. The number of alkyl halides is 1. The Hall–Kier alpha value is -3.49. The number of aromatic nitrogens is 2. The van der Waals surface area contributed by atoms with Gasteiger partial charge < -0.3 is 19.9 Å². The maximum atomic E-state index is 14.4. The molecule has 2 N–H and O–H groups in total. The molecule has 3 aromatic rings. The minimum Gasteiger partial charge on any atom is -0.494 e. The molecule has 2 heterocycles. The Bertz CT molecular complexity index is 1100. The number of amides is 2. The third-order valence-electron chi connectivity index (χ3n) is 5.10. The van der Waals surface area contributed by atoms with Gasteiger partial charge in [0.1, 0.15) is 6.17 Å². The summed E-state index contributed by atoms with van der Waals surface area (Å²) >= 11 is 0. The molecule has 7 nitrogen and oxygen atoms in total. The predicted molar refractivity (Wildman–Crippen MR) is 106 cm³/mol. The van der Waals surface area contributed by atoms with Crippen molar-refractivity contribution in [3.8, 4) is 5.75 Å². The highest BCUT2D eigenvalue weighted by Crippen LogP contribution is 2.21. The first-order valence-electron chi connectivity index (χ1n) is 9.45. The molecule has 0 radical (unpaired) electrons. The van der Waals surface area contributed by atoms with E-state index in [9.17, 15) is 18.4 Å². The Labute approximate surface area is 171 Å². The fraction of sp³-hybridized carbons (Fsp3) is 0.286. The van der Waals surface area contributed by atoms with E-state index in [0.29, 0.717) is 11.1 Å². The highest BCUT2D eigenvalue weighted by atomic mass is 19.1. The molecule has 0 unspecified atom stereocenters. The maximum absolute atomic E-state index is 14.4. The number of hydrogen-bond acceptors (Lipinski definition) is 4. The van der Waals surface area contributed by atoms with Crippen molar-refractivity contribution in [2.75, 3.05) is 20.2 Å². The number of carbonyl (C=O) groups excluding carboxylic acids is 2. The van der Waals surface area contributed by atoms with Gasteiger partial charge in [0.15, 0.2) is 11.6 Å². The number of imidazole rings is 1. The number of halogens is 2. The summed E-state index contributed by atoms with van der Waals surface area (Å²) in [4.78, 5) is 33.9. The smallest absolute Gasteiger partial charge is 0.254 e. The van der Waals surface area contributed by atoms with Gasteiger partial charge in [-0.15, -0.1) is 0 Å². The number of piperidine rings is 1. The number of methoxy groups -OCH3 is 1. The summed E-state index contributed by atoms with van der Waals surface area (Å²) < 4.78 is 32.8. The lowest BCUT2D eigenvalue weighted by Gasteiger charge is -2.35. The molecule has 1 aliphatic heterocycles. The summed E-state index contributed by atoms with van der Waals surface area (Å²) in [6.07, 6.45) is 0.354. The van der Waals surface area contributed by atoms with Crippen molar-refractivity contribution < 1.29 is 23.1 Å². The first-order valence-corrected chi connectivity index (χ1v) is 9.45. The number of H-pyrrole nitrogens is 1. The van der Waals surface area contributed by atoms with Crippen LogP contribution in [0.3, 0.4) is 0 Å². The largest absolute Gasteiger partial charge is 0.494 e. The molecule has 9 heteroatoms. The molecule has 1 aliphatic rings.